The monoisotopic (exact) mass is 288 g/mol. The second kappa shape index (κ2) is 5.05. The predicted octanol–water partition coefficient (Wildman–Crippen LogP) is 5.43. The molecule has 88 valence electrons. The van der Waals surface area contributed by atoms with E-state index in [1.54, 1.807) is 0 Å². The lowest BCUT2D eigenvalue weighted by Gasteiger charge is -2.14. The summed E-state index contributed by atoms with van der Waals surface area (Å²) in [5, 5.41) is 0. The Morgan fingerprint density at radius 2 is 1.65 bits per heavy atom. The molecular formula is C16H17Br. The quantitative estimate of drug-likeness (QED) is 0.647. The van der Waals surface area contributed by atoms with Gasteiger partial charge in [0.2, 0.25) is 0 Å². The minimum atomic E-state index is 0.374. The van der Waals surface area contributed by atoms with E-state index < -0.39 is 0 Å². The number of benzene rings is 2. The van der Waals surface area contributed by atoms with E-state index in [0.29, 0.717) is 4.83 Å². The van der Waals surface area contributed by atoms with Crippen LogP contribution in [0.5, 0.6) is 0 Å². The predicted molar refractivity (Wildman–Crippen MR) is 78.7 cm³/mol. The molecule has 1 atom stereocenters. The zero-order chi connectivity index (χ0) is 12.4. The summed E-state index contributed by atoms with van der Waals surface area (Å²) in [6.45, 7) is 6.48. The van der Waals surface area contributed by atoms with E-state index in [1.165, 1.54) is 27.8 Å². The van der Waals surface area contributed by atoms with Gasteiger partial charge >= 0.3 is 0 Å². The highest BCUT2D eigenvalue weighted by atomic mass is 79.9. The van der Waals surface area contributed by atoms with Crippen molar-refractivity contribution < 1.29 is 0 Å². The van der Waals surface area contributed by atoms with Crippen LogP contribution >= 0.6 is 15.9 Å². The Labute approximate surface area is 112 Å². The molecule has 0 saturated heterocycles. The molecule has 2 rings (SSSR count). The molecule has 1 unspecified atom stereocenters. The lowest BCUT2D eigenvalue weighted by atomic mass is 9.93. The molecule has 0 aliphatic rings. The van der Waals surface area contributed by atoms with Gasteiger partial charge in [0.05, 0.1) is 0 Å². The van der Waals surface area contributed by atoms with Gasteiger partial charge in [0.25, 0.3) is 0 Å². The van der Waals surface area contributed by atoms with Crippen molar-refractivity contribution in [2.45, 2.75) is 25.6 Å². The summed E-state index contributed by atoms with van der Waals surface area (Å²) >= 11 is 3.67. The SMILES string of the molecule is Cc1ccc(C)c(-c2ccccc2C(C)Br)c1. The highest BCUT2D eigenvalue weighted by Gasteiger charge is 2.10. The zero-order valence-corrected chi connectivity index (χ0v) is 12.1. The summed E-state index contributed by atoms with van der Waals surface area (Å²) in [5.41, 5.74) is 6.66. The van der Waals surface area contributed by atoms with Gasteiger partial charge in [-0.25, -0.2) is 0 Å². The molecule has 0 N–H and O–H groups in total. The maximum Gasteiger partial charge on any atom is 0.0373 e. The second-order valence-corrected chi connectivity index (χ2v) is 5.90. The van der Waals surface area contributed by atoms with Crippen LogP contribution in [0, 0.1) is 13.8 Å². The van der Waals surface area contributed by atoms with Crippen molar-refractivity contribution in [1.82, 2.24) is 0 Å². The van der Waals surface area contributed by atoms with Crippen LogP contribution in [-0.4, -0.2) is 0 Å². The van der Waals surface area contributed by atoms with Crippen LogP contribution in [0.3, 0.4) is 0 Å². The van der Waals surface area contributed by atoms with Gasteiger partial charge < -0.3 is 0 Å². The molecule has 0 bridgehead atoms. The van der Waals surface area contributed by atoms with Crippen LogP contribution in [-0.2, 0) is 0 Å². The molecule has 0 amide bonds. The molecule has 1 heteroatoms. The standard InChI is InChI=1S/C16H17Br/c1-11-8-9-12(2)16(10-11)15-7-5-4-6-14(15)13(3)17/h4-10,13H,1-3H3. The molecule has 0 saturated carbocycles. The largest absolute Gasteiger partial charge is 0.0842 e. The third kappa shape index (κ3) is 2.61. The average Bonchev–Trinajstić information content (AvgIpc) is 2.32. The molecule has 0 heterocycles. The summed E-state index contributed by atoms with van der Waals surface area (Å²) in [7, 11) is 0. The molecule has 0 nitrogen and oxygen atoms in total. The number of hydrogen-bond donors (Lipinski definition) is 0. The van der Waals surface area contributed by atoms with Gasteiger partial charge in [0.1, 0.15) is 0 Å². The molecule has 0 aliphatic heterocycles. The van der Waals surface area contributed by atoms with E-state index in [9.17, 15) is 0 Å². The van der Waals surface area contributed by atoms with Crippen molar-refractivity contribution in [2.24, 2.45) is 0 Å². The Bertz CT molecular complexity index is 527. The lowest BCUT2D eigenvalue weighted by molar-refractivity contribution is 1.12. The van der Waals surface area contributed by atoms with Crippen molar-refractivity contribution in [2.75, 3.05) is 0 Å². The van der Waals surface area contributed by atoms with E-state index in [-0.39, 0.29) is 0 Å². The Hall–Kier alpha value is -1.08. The van der Waals surface area contributed by atoms with Crippen molar-refractivity contribution in [3.05, 3.63) is 59.2 Å². The van der Waals surface area contributed by atoms with Crippen LogP contribution in [0.2, 0.25) is 0 Å². The number of halogens is 1. The summed E-state index contributed by atoms with van der Waals surface area (Å²) in [4.78, 5) is 0.374. The van der Waals surface area contributed by atoms with Gasteiger partial charge in [-0.2, -0.15) is 0 Å². The zero-order valence-electron chi connectivity index (χ0n) is 10.5. The van der Waals surface area contributed by atoms with Gasteiger partial charge in [-0.15, -0.1) is 0 Å². The van der Waals surface area contributed by atoms with Crippen molar-refractivity contribution >= 4 is 15.9 Å². The molecule has 0 aromatic heterocycles. The third-order valence-corrected chi connectivity index (χ3v) is 3.57. The first-order valence-electron chi connectivity index (χ1n) is 5.90. The van der Waals surface area contributed by atoms with E-state index in [2.05, 4.69) is 79.2 Å². The second-order valence-electron chi connectivity index (χ2n) is 4.52. The van der Waals surface area contributed by atoms with E-state index in [0.717, 1.165) is 0 Å². The Morgan fingerprint density at radius 1 is 0.941 bits per heavy atom. The molecule has 0 spiro atoms. The molecule has 2 aromatic rings. The van der Waals surface area contributed by atoms with Crippen LogP contribution in [0.1, 0.15) is 28.4 Å². The fraction of sp³-hybridized carbons (Fsp3) is 0.250. The van der Waals surface area contributed by atoms with Gasteiger partial charge in [-0.05, 0) is 43.0 Å². The van der Waals surface area contributed by atoms with Crippen molar-refractivity contribution in [1.29, 1.82) is 0 Å². The molecule has 0 fully saturated rings. The summed E-state index contributed by atoms with van der Waals surface area (Å²) in [6, 6.07) is 15.2. The third-order valence-electron chi connectivity index (χ3n) is 3.07. The summed E-state index contributed by atoms with van der Waals surface area (Å²) in [6.07, 6.45) is 0. The van der Waals surface area contributed by atoms with Crippen LogP contribution in [0.15, 0.2) is 42.5 Å². The maximum atomic E-state index is 3.67. The molecule has 2 aromatic carbocycles. The first-order chi connectivity index (χ1) is 8.09. The highest BCUT2D eigenvalue weighted by molar-refractivity contribution is 9.09. The maximum absolute atomic E-state index is 3.67. The van der Waals surface area contributed by atoms with Crippen LogP contribution in [0.4, 0.5) is 0 Å². The normalized spacial score (nSPS) is 12.5. The van der Waals surface area contributed by atoms with Crippen molar-refractivity contribution in [3.63, 3.8) is 0 Å². The fourth-order valence-corrected chi connectivity index (χ4v) is 2.51. The van der Waals surface area contributed by atoms with Gasteiger partial charge in [-0.3, -0.25) is 0 Å². The minimum Gasteiger partial charge on any atom is -0.0842 e. The van der Waals surface area contributed by atoms with E-state index in [4.69, 9.17) is 0 Å². The summed E-state index contributed by atoms with van der Waals surface area (Å²) < 4.78 is 0. The fourth-order valence-electron chi connectivity index (χ4n) is 2.12. The Morgan fingerprint density at radius 3 is 2.35 bits per heavy atom. The first-order valence-corrected chi connectivity index (χ1v) is 6.82. The summed E-state index contributed by atoms with van der Waals surface area (Å²) in [5.74, 6) is 0. The Balaban J connectivity index is 2.64. The van der Waals surface area contributed by atoms with Crippen LogP contribution in [0.25, 0.3) is 11.1 Å². The van der Waals surface area contributed by atoms with Crippen LogP contribution < -0.4 is 0 Å². The van der Waals surface area contributed by atoms with E-state index >= 15 is 0 Å². The number of hydrogen-bond acceptors (Lipinski definition) is 0. The molecule has 17 heavy (non-hydrogen) atoms. The lowest BCUT2D eigenvalue weighted by Crippen LogP contribution is -1.92. The van der Waals surface area contributed by atoms with E-state index in [1.807, 2.05) is 0 Å². The molecular weight excluding hydrogens is 272 g/mol. The minimum absolute atomic E-state index is 0.374. The highest BCUT2D eigenvalue weighted by Crippen LogP contribution is 2.34. The van der Waals surface area contributed by atoms with Gasteiger partial charge in [-0.1, -0.05) is 64.0 Å². The smallest absolute Gasteiger partial charge is 0.0373 e. The number of rotatable bonds is 2. The number of alkyl halides is 1. The van der Waals surface area contributed by atoms with Crippen molar-refractivity contribution in [3.8, 4) is 11.1 Å². The van der Waals surface area contributed by atoms with Gasteiger partial charge in [0, 0.05) is 4.83 Å². The molecule has 0 radical (unpaired) electrons. The topological polar surface area (TPSA) is 0 Å². The molecule has 0 aliphatic carbocycles. The Kier molecular flexibility index (Phi) is 3.68. The average molecular weight is 289 g/mol. The van der Waals surface area contributed by atoms with Gasteiger partial charge in [0.15, 0.2) is 0 Å². The number of aryl methyl sites for hydroxylation is 2. The first kappa shape index (κ1) is 12.4.